The molecule has 0 bridgehead atoms. The van der Waals surface area contributed by atoms with Crippen LogP contribution in [0.1, 0.15) is 103 Å². The van der Waals surface area contributed by atoms with E-state index in [0.29, 0.717) is 6.54 Å². The molecule has 0 aromatic heterocycles. The van der Waals surface area contributed by atoms with E-state index in [1.807, 2.05) is 41.5 Å². The highest BCUT2D eigenvalue weighted by molar-refractivity contribution is 6.05. The van der Waals surface area contributed by atoms with E-state index in [0.717, 1.165) is 4.90 Å². The number of hydrogen-bond donors (Lipinski definition) is 5. The van der Waals surface area contributed by atoms with Crippen molar-refractivity contribution >= 4 is 41.4 Å². The fourth-order valence-electron chi connectivity index (χ4n) is 3.85. The van der Waals surface area contributed by atoms with Gasteiger partial charge in [-0.3, -0.25) is 38.5 Å². The Labute approximate surface area is 264 Å². The highest BCUT2D eigenvalue weighted by Crippen LogP contribution is 2.40. The van der Waals surface area contributed by atoms with Crippen molar-refractivity contribution in [2.45, 2.75) is 115 Å². The minimum absolute atomic E-state index is 0.0813. The minimum atomic E-state index is -1.23. The van der Waals surface area contributed by atoms with E-state index in [-0.39, 0.29) is 36.6 Å². The molecule has 1 fully saturated rings. The molecule has 0 spiro atoms. The molecule has 256 valence electrons. The van der Waals surface area contributed by atoms with Gasteiger partial charge >= 0.3 is 0 Å². The molecule has 0 saturated carbocycles. The maximum absolute atomic E-state index is 13.0. The summed E-state index contributed by atoms with van der Waals surface area (Å²) in [5.74, 6) is -4.16. The van der Waals surface area contributed by atoms with Crippen molar-refractivity contribution in [3.63, 3.8) is 0 Å². The van der Waals surface area contributed by atoms with Gasteiger partial charge in [-0.25, -0.2) is 0 Å². The van der Waals surface area contributed by atoms with E-state index in [4.69, 9.17) is 0 Å². The number of amides is 7. The van der Waals surface area contributed by atoms with Crippen molar-refractivity contribution < 1.29 is 33.6 Å². The second kappa shape index (κ2) is 22.1. The Morgan fingerprint density at radius 3 is 1.66 bits per heavy atom. The molecule has 0 aliphatic carbocycles. The van der Waals surface area contributed by atoms with Crippen LogP contribution in [0.3, 0.4) is 0 Å². The molecule has 1 aliphatic heterocycles. The number of likely N-dealkylation sites (tertiary alicyclic amines) is 1. The summed E-state index contributed by atoms with van der Waals surface area (Å²) in [5.41, 5.74) is -2.39. The maximum atomic E-state index is 13.0. The third-order valence-corrected chi connectivity index (χ3v) is 6.95. The van der Waals surface area contributed by atoms with Crippen molar-refractivity contribution in [3.8, 4) is 0 Å². The number of hydrogen-bond acceptors (Lipinski definition) is 7. The third kappa shape index (κ3) is 13.4. The first-order chi connectivity index (χ1) is 20.5. The molecule has 7 amide bonds. The number of nitrogens with zero attached hydrogens (tertiary/aromatic N) is 1. The predicted octanol–water partition coefficient (Wildman–Crippen LogP) is 1.89. The van der Waals surface area contributed by atoms with Crippen LogP contribution in [0, 0.1) is 17.3 Å². The van der Waals surface area contributed by atoms with E-state index in [9.17, 15) is 33.6 Å². The quantitative estimate of drug-likeness (QED) is 0.193. The Hall–Kier alpha value is -3.51. The zero-order valence-electron chi connectivity index (χ0n) is 29.6. The molecule has 0 aromatic rings. The van der Waals surface area contributed by atoms with Crippen molar-refractivity contribution in [1.29, 1.82) is 0 Å². The minimum Gasteiger partial charge on any atom is -0.355 e. The van der Waals surface area contributed by atoms with Crippen molar-refractivity contribution in [3.05, 3.63) is 0 Å². The fourth-order valence-corrected chi connectivity index (χ4v) is 3.85. The van der Waals surface area contributed by atoms with E-state index in [1.165, 1.54) is 0 Å². The first-order valence-corrected chi connectivity index (χ1v) is 15.7. The number of nitrogens with one attached hydrogen (secondary N) is 5. The van der Waals surface area contributed by atoms with Crippen LogP contribution >= 0.6 is 0 Å². The second-order valence-corrected chi connectivity index (χ2v) is 10.8. The number of carbonyl (C=O) groups is 7. The summed E-state index contributed by atoms with van der Waals surface area (Å²) in [6.07, 6.45) is 0.0813. The molecule has 0 aromatic carbocycles. The number of carbonyl (C=O) groups excluding carboxylic acids is 7. The summed E-state index contributed by atoms with van der Waals surface area (Å²) in [5, 5.41) is 12.4. The summed E-state index contributed by atoms with van der Waals surface area (Å²) < 4.78 is 0. The summed E-state index contributed by atoms with van der Waals surface area (Å²) in [6.45, 7) is 24.6. The molecule has 13 heteroatoms. The fraction of sp³-hybridized carbons (Fsp3) is 0.774. The molecule has 1 rings (SSSR count). The van der Waals surface area contributed by atoms with Crippen LogP contribution in [0.4, 0.5) is 0 Å². The van der Waals surface area contributed by atoms with Crippen molar-refractivity contribution in [1.82, 2.24) is 31.5 Å². The molecule has 2 unspecified atom stereocenters. The molecule has 44 heavy (non-hydrogen) atoms. The van der Waals surface area contributed by atoms with Gasteiger partial charge < -0.3 is 26.6 Å². The van der Waals surface area contributed by atoms with Gasteiger partial charge in [-0.2, -0.15) is 0 Å². The number of rotatable bonds is 13. The molecule has 13 nitrogen and oxygen atoms in total. The first-order valence-electron chi connectivity index (χ1n) is 15.7. The van der Waals surface area contributed by atoms with E-state index in [2.05, 4.69) is 26.6 Å². The molecule has 1 aliphatic rings. The molecular formula is C31H60N6O7. The van der Waals surface area contributed by atoms with Gasteiger partial charge in [0, 0.05) is 18.9 Å². The van der Waals surface area contributed by atoms with Gasteiger partial charge in [-0.1, -0.05) is 62.3 Å². The normalized spacial score (nSPS) is 14.8. The van der Waals surface area contributed by atoms with Gasteiger partial charge in [0.15, 0.2) is 0 Å². The highest BCUT2D eigenvalue weighted by atomic mass is 16.2. The second-order valence-electron chi connectivity index (χ2n) is 10.8. The monoisotopic (exact) mass is 628 g/mol. The SMILES string of the molecule is CC.CC.CC.CCNC(=O)CNC(=O)C(NC(=O)CNC(=O)CNC(=O)C(C)(C)C(C)(C)N1C(=O)CC(C)C1=O)C(C)C. The van der Waals surface area contributed by atoms with Gasteiger partial charge in [-0.05, 0) is 40.5 Å². The van der Waals surface area contributed by atoms with Crippen LogP contribution in [0.5, 0.6) is 0 Å². The third-order valence-electron chi connectivity index (χ3n) is 6.95. The van der Waals surface area contributed by atoms with Gasteiger partial charge in [0.05, 0.1) is 30.6 Å². The largest absolute Gasteiger partial charge is 0.355 e. The van der Waals surface area contributed by atoms with Crippen LogP contribution in [0.2, 0.25) is 0 Å². The number of imide groups is 1. The standard InChI is InChI=1S/C25H42N6O7.3C2H6/c1-9-26-16(32)11-28-21(36)20(14(2)3)30-18(34)13-27-17(33)12-29-23(38)24(5,6)25(7,8)31-19(35)10-15(4)22(31)37;3*1-2/h14-15,20H,9-13H2,1-8H3,(H,26,32)(H,27,33)(H,28,36)(H,29,38)(H,30,34);3*1-2H3. The van der Waals surface area contributed by atoms with Crippen LogP contribution < -0.4 is 26.6 Å². The lowest BCUT2D eigenvalue weighted by Crippen LogP contribution is -2.61. The number of likely N-dealkylation sites (N-methyl/N-ethyl adjacent to an activating group) is 1. The summed E-state index contributed by atoms with van der Waals surface area (Å²) in [6, 6.07) is -0.921. The molecule has 0 radical (unpaired) electrons. The van der Waals surface area contributed by atoms with E-state index >= 15 is 0 Å². The first kappa shape index (κ1) is 44.9. The van der Waals surface area contributed by atoms with Gasteiger partial charge in [0.25, 0.3) is 0 Å². The molecule has 1 heterocycles. The van der Waals surface area contributed by atoms with Gasteiger partial charge in [0.2, 0.25) is 41.4 Å². The van der Waals surface area contributed by atoms with E-state index < -0.39 is 59.6 Å². The average molecular weight is 629 g/mol. The summed E-state index contributed by atoms with van der Waals surface area (Å²) in [4.78, 5) is 87.6. The van der Waals surface area contributed by atoms with Crippen LogP contribution in [0.25, 0.3) is 0 Å². The lowest BCUT2D eigenvalue weighted by Gasteiger charge is -2.45. The van der Waals surface area contributed by atoms with Gasteiger partial charge in [0.1, 0.15) is 6.04 Å². The Bertz CT molecular complexity index is 963. The zero-order chi connectivity index (χ0) is 35.4. The Morgan fingerprint density at radius 2 is 1.23 bits per heavy atom. The highest BCUT2D eigenvalue weighted by Gasteiger charge is 2.54. The molecule has 2 atom stereocenters. The average Bonchev–Trinajstić information content (AvgIpc) is 3.25. The lowest BCUT2D eigenvalue weighted by atomic mass is 9.72. The van der Waals surface area contributed by atoms with Crippen molar-refractivity contribution in [2.24, 2.45) is 17.3 Å². The van der Waals surface area contributed by atoms with Crippen molar-refractivity contribution in [2.75, 3.05) is 26.2 Å². The Balaban J connectivity index is -0.00000263. The van der Waals surface area contributed by atoms with Crippen LogP contribution in [-0.2, 0) is 33.6 Å². The summed E-state index contributed by atoms with van der Waals surface area (Å²) in [7, 11) is 0. The smallest absolute Gasteiger partial charge is 0.243 e. The molecular weight excluding hydrogens is 568 g/mol. The van der Waals surface area contributed by atoms with Crippen LogP contribution in [0.15, 0.2) is 0 Å². The lowest BCUT2D eigenvalue weighted by molar-refractivity contribution is -0.155. The Morgan fingerprint density at radius 1 is 0.773 bits per heavy atom. The Kier molecular flexibility index (Phi) is 22.5. The molecule has 5 N–H and O–H groups in total. The predicted molar refractivity (Wildman–Crippen MR) is 172 cm³/mol. The zero-order valence-corrected chi connectivity index (χ0v) is 29.6. The maximum Gasteiger partial charge on any atom is 0.243 e. The summed E-state index contributed by atoms with van der Waals surface area (Å²) >= 11 is 0. The topological polar surface area (TPSA) is 183 Å². The van der Waals surface area contributed by atoms with E-state index in [1.54, 1.807) is 55.4 Å². The van der Waals surface area contributed by atoms with Crippen LogP contribution in [-0.4, -0.2) is 84.0 Å². The van der Waals surface area contributed by atoms with Gasteiger partial charge in [-0.15, -0.1) is 0 Å². The molecule has 1 saturated heterocycles.